The molecule has 0 fully saturated rings. The molecule has 7 heteroatoms. The van der Waals surface area contributed by atoms with Crippen molar-refractivity contribution in [3.05, 3.63) is 33.8 Å². The van der Waals surface area contributed by atoms with Gasteiger partial charge >= 0.3 is 0 Å². The van der Waals surface area contributed by atoms with E-state index in [2.05, 4.69) is 4.72 Å². The third-order valence-corrected chi connectivity index (χ3v) is 4.28. The molecular formula is C11H15Cl2NO3S. The predicted octanol–water partition coefficient (Wildman–Crippen LogP) is 2.45. The van der Waals surface area contributed by atoms with Gasteiger partial charge in [-0.3, -0.25) is 0 Å². The third-order valence-electron chi connectivity index (χ3n) is 2.19. The van der Waals surface area contributed by atoms with Crippen molar-refractivity contribution >= 4 is 33.2 Å². The second-order valence-electron chi connectivity index (χ2n) is 3.75. The first kappa shape index (κ1) is 15.7. The van der Waals surface area contributed by atoms with Crippen LogP contribution in [0.2, 0.25) is 10.0 Å². The molecule has 0 unspecified atom stereocenters. The van der Waals surface area contributed by atoms with Gasteiger partial charge in [0.15, 0.2) is 0 Å². The Bertz CT molecular complexity index is 491. The van der Waals surface area contributed by atoms with Crippen molar-refractivity contribution in [2.45, 2.75) is 12.2 Å². The largest absolute Gasteiger partial charge is 0.385 e. The first-order valence-electron chi connectivity index (χ1n) is 5.35. The van der Waals surface area contributed by atoms with Crippen LogP contribution in [0.1, 0.15) is 12.0 Å². The molecule has 0 bridgehead atoms. The van der Waals surface area contributed by atoms with E-state index in [0.29, 0.717) is 35.2 Å². The Labute approximate surface area is 117 Å². The summed E-state index contributed by atoms with van der Waals surface area (Å²) in [6.45, 7) is 0.882. The summed E-state index contributed by atoms with van der Waals surface area (Å²) >= 11 is 11.6. The molecule has 0 aliphatic heterocycles. The van der Waals surface area contributed by atoms with Crippen molar-refractivity contribution in [1.82, 2.24) is 4.72 Å². The van der Waals surface area contributed by atoms with Crippen molar-refractivity contribution < 1.29 is 13.2 Å². The van der Waals surface area contributed by atoms with E-state index in [1.165, 1.54) is 0 Å². The first-order chi connectivity index (χ1) is 8.44. The molecule has 1 aromatic rings. The molecule has 0 saturated carbocycles. The molecule has 102 valence electrons. The van der Waals surface area contributed by atoms with E-state index >= 15 is 0 Å². The van der Waals surface area contributed by atoms with Crippen LogP contribution in [0, 0.1) is 0 Å². The lowest BCUT2D eigenvalue weighted by Gasteiger charge is -2.07. The topological polar surface area (TPSA) is 55.4 Å². The fraction of sp³-hybridized carbons (Fsp3) is 0.455. The van der Waals surface area contributed by atoms with Gasteiger partial charge in [-0.2, -0.15) is 0 Å². The van der Waals surface area contributed by atoms with Gasteiger partial charge in [-0.1, -0.05) is 29.3 Å². The zero-order chi connectivity index (χ0) is 13.6. The molecule has 0 radical (unpaired) electrons. The minimum atomic E-state index is -3.35. The minimum Gasteiger partial charge on any atom is -0.385 e. The lowest BCUT2D eigenvalue weighted by molar-refractivity contribution is 0.196. The molecule has 1 N–H and O–H groups in total. The van der Waals surface area contributed by atoms with Crippen molar-refractivity contribution in [3.63, 3.8) is 0 Å². The van der Waals surface area contributed by atoms with E-state index in [9.17, 15) is 8.42 Å². The highest BCUT2D eigenvalue weighted by Gasteiger charge is 2.11. The van der Waals surface area contributed by atoms with E-state index in [0.717, 1.165) is 0 Å². The number of halogens is 2. The van der Waals surface area contributed by atoms with E-state index in [-0.39, 0.29) is 5.75 Å². The number of sulfonamides is 1. The number of hydrogen-bond donors (Lipinski definition) is 1. The Morgan fingerprint density at radius 1 is 1.28 bits per heavy atom. The Balaban J connectivity index is 2.56. The van der Waals surface area contributed by atoms with Crippen molar-refractivity contribution in [3.8, 4) is 0 Å². The van der Waals surface area contributed by atoms with Crippen molar-refractivity contribution in [2.75, 3.05) is 20.3 Å². The molecule has 0 heterocycles. The van der Waals surface area contributed by atoms with Crippen LogP contribution in [0.25, 0.3) is 0 Å². The van der Waals surface area contributed by atoms with Gasteiger partial charge in [0.05, 0.1) is 15.8 Å². The van der Waals surface area contributed by atoms with Crippen LogP contribution in [0.15, 0.2) is 18.2 Å². The Hall–Kier alpha value is -0.330. The Kier molecular flexibility index (Phi) is 6.38. The Morgan fingerprint density at radius 3 is 2.61 bits per heavy atom. The summed E-state index contributed by atoms with van der Waals surface area (Å²) in [5, 5.41) is 0.759. The fourth-order valence-electron chi connectivity index (χ4n) is 1.34. The SMILES string of the molecule is COCCCNS(=O)(=O)Cc1ccc(Cl)c(Cl)c1. The van der Waals surface area contributed by atoms with Crippen LogP contribution in [-0.4, -0.2) is 28.7 Å². The van der Waals surface area contributed by atoms with Gasteiger partial charge in [-0.25, -0.2) is 13.1 Å². The zero-order valence-electron chi connectivity index (χ0n) is 9.95. The lowest BCUT2D eigenvalue weighted by Crippen LogP contribution is -2.26. The summed E-state index contributed by atoms with van der Waals surface area (Å²) in [5.41, 5.74) is 0.601. The summed E-state index contributed by atoms with van der Waals surface area (Å²) in [6.07, 6.45) is 0.636. The summed E-state index contributed by atoms with van der Waals surface area (Å²) < 4.78 is 30.8. The van der Waals surface area contributed by atoms with Crippen LogP contribution >= 0.6 is 23.2 Å². The number of methoxy groups -OCH3 is 1. The molecule has 0 spiro atoms. The maximum absolute atomic E-state index is 11.7. The maximum atomic E-state index is 11.7. The molecule has 0 aromatic heterocycles. The number of rotatable bonds is 7. The van der Waals surface area contributed by atoms with Gasteiger partial charge in [0.1, 0.15) is 0 Å². The fourth-order valence-corrected chi connectivity index (χ4v) is 2.84. The second kappa shape index (κ2) is 7.31. The minimum absolute atomic E-state index is 0.114. The molecule has 18 heavy (non-hydrogen) atoms. The van der Waals surface area contributed by atoms with Crippen LogP contribution < -0.4 is 4.72 Å². The van der Waals surface area contributed by atoms with Gasteiger partial charge in [0.25, 0.3) is 0 Å². The maximum Gasteiger partial charge on any atom is 0.215 e. The summed E-state index contributed by atoms with van der Waals surface area (Å²) in [7, 11) is -1.78. The van der Waals surface area contributed by atoms with E-state index in [4.69, 9.17) is 27.9 Å². The number of hydrogen-bond acceptors (Lipinski definition) is 3. The van der Waals surface area contributed by atoms with Gasteiger partial charge in [-0.15, -0.1) is 0 Å². The average Bonchev–Trinajstić information content (AvgIpc) is 2.29. The van der Waals surface area contributed by atoms with Crippen molar-refractivity contribution in [2.24, 2.45) is 0 Å². The standard InChI is InChI=1S/C11H15Cl2NO3S/c1-17-6-2-5-14-18(15,16)8-9-3-4-10(12)11(13)7-9/h3-4,7,14H,2,5-6,8H2,1H3. The summed E-state index contributed by atoms with van der Waals surface area (Å²) in [4.78, 5) is 0. The molecule has 4 nitrogen and oxygen atoms in total. The highest BCUT2D eigenvalue weighted by atomic mass is 35.5. The highest BCUT2D eigenvalue weighted by molar-refractivity contribution is 7.88. The molecule has 0 amide bonds. The number of benzene rings is 1. The van der Waals surface area contributed by atoms with Crippen molar-refractivity contribution in [1.29, 1.82) is 0 Å². The monoisotopic (exact) mass is 311 g/mol. The first-order valence-corrected chi connectivity index (χ1v) is 7.75. The van der Waals surface area contributed by atoms with Gasteiger partial charge in [-0.05, 0) is 24.1 Å². The molecule has 0 atom stereocenters. The molecule has 1 rings (SSSR count). The molecular weight excluding hydrogens is 297 g/mol. The quantitative estimate of drug-likeness (QED) is 0.787. The predicted molar refractivity (Wildman–Crippen MR) is 73.6 cm³/mol. The van der Waals surface area contributed by atoms with Crippen LogP contribution in [-0.2, 0) is 20.5 Å². The number of ether oxygens (including phenoxy) is 1. The van der Waals surface area contributed by atoms with Gasteiger partial charge in [0, 0.05) is 20.3 Å². The van der Waals surface area contributed by atoms with E-state index < -0.39 is 10.0 Å². The molecule has 0 aliphatic rings. The zero-order valence-corrected chi connectivity index (χ0v) is 12.3. The smallest absolute Gasteiger partial charge is 0.215 e. The second-order valence-corrected chi connectivity index (χ2v) is 6.37. The Morgan fingerprint density at radius 2 is 2.00 bits per heavy atom. The molecule has 1 aromatic carbocycles. The summed E-state index contributed by atoms with van der Waals surface area (Å²) in [6, 6.07) is 4.78. The number of nitrogens with one attached hydrogen (secondary N) is 1. The average molecular weight is 312 g/mol. The van der Waals surface area contributed by atoms with Crippen LogP contribution in [0.4, 0.5) is 0 Å². The molecule has 0 saturated heterocycles. The summed E-state index contributed by atoms with van der Waals surface area (Å²) in [5.74, 6) is -0.114. The molecule has 0 aliphatic carbocycles. The normalized spacial score (nSPS) is 11.7. The van der Waals surface area contributed by atoms with E-state index in [1.807, 2.05) is 0 Å². The van der Waals surface area contributed by atoms with Crippen LogP contribution in [0.5, 0.6) is 0 Å². The van der Waals surface area contributed by atoms with Gasteiger partial charge in [0.2, 0.25) is 10.0 Å². The van der Waals surface area contributed by atoms with Crippen LogP contribution in [0.3, 0.4) is 0 Å². The highest BCUT2D eigenvalue weighted by Crippen LogP contribution is 2.23. The van der Waals surface area contributed by atoms with Gasteiger partial charge < -0.3 is 4.74 Å². The van der Waals surface area contributed by atoms with E-state index in [1.54, 1.807) is 25.3 Å². The lowest BCUT2D eigenvalue weighted by atomic mass is 10.2. The third kappa shape index (κ3) is 5.54.